The Balaban J connectivity index is 2.24. The van der Waals surface area contributed by atoms with Crippen LogP contribution in [-0.2, 0) is 6.54 Å². The molecule has 0 amide bonds. The molecule has 18 heavy (non-hydrogen) atoms. The van der Waals surface area contributed by atoms with Crippen LogP contribution in [0.5, 0.6) is 0 Å². The average Bonchev–Trinajstić information content (AvgIpc) is 2.27. The van der Waals surface area contributed by atoms with Crippen molar-refractivity contribution in [3.05, 3.63) is 36.0 Å². The zero-order chi connectivity index (χ0) is 13.1. The van der Waals surface area contributed by atoms with Crippen molar-refractivity contribution in [3.8, 4) is 0 Å². The van der Waals surface area contributed by atoms with E-state index in [0.29, 0.717) is 17.9 Å². The molecule has 2 rings (SSSR count). The van der Waals surface area contributed by atoms with Gasteiger partial charge in [-0.3, -0.25) is 9.88 Å². The molecule has 0 aliphatic rings. The van der Waals surface area contributed by atoms with Crippen LogP contribution in [0.25, 0.3) is 10.9 Å². The van der Waals surface area contributed by atoms with Gasteiger partial charge in [-0.1, -0.05) is 18.2 Å². The lowest BCUT2D eigenvalue weighted by Gasteiger charge is -2.16. The SMILES string of the molecule is CN(Cc1cc(N)c2ccccc2n1)CC(F)F. The molecule has 2 aromatic rings. The van der Waals surface area contributed by atoms with Crippen molar-refractivity contribution in [1.82, 2.24) is 9.88 Å². The summed E-state index contributed by atoms with van der Waals surface area (Å²) in [5.74, 6) is 0. The lowest BCUT2D eigenvalue weighted by molar-refractivity contribution is 0.0971. The molecule has 0 unspecified atom stereocenters. The summed E-state index contributed by atoms with van der Waals surface area (Å²) in [5.41, 5.74) is 8.05. The predicted octanol–water partition coefficient (Wildman–Crippen LogP) is 2.51. The quantitative estimate of drug-likeness (QED) is 0.907. The number of pyridine rings is 1. The number of rotatable bonds is 4. The molecule has 0 aliphatic carbocycles. The summed E-state index contributed by atoms with van der Waals surface area (Å²) >= 11 is 0. The number of nitrogens with zero attached hydrogens (tertiary/aromatic N) is 2. The number of hydrogen-bond donors (Lipinski definition) is 1. The molecule has 3 nitrogen and oxygen atoms in total. The Labute approximate surface area is 104 Å². The molecular weight excluding hydrogens is 236 g/mol. The highest BCUT2D eigenvalue weighted by atomic mass is 19.3. The number of nitrogen functional groups attached to an aromatic ring is 1. The topological polar surface area (TPSA) is 42.1 Å². The van der Waals surface area contributed by atoms with Crippen LogP contribution >= 0.6 is 0 Å². The van der Waals surface area contributed by atoms with E-state index in [1.165, 1.54) is 4.90 Å². The fourth-order valence-corrected chi connectivity index (χ4v) is 1.92. The van der Waals surface area contributed by atoms with Crippen molar-refractivity contribution in [3.63, 3.8) is 0 Å². The normalized spacial score (nSPS) is 11.6. The van der Waals surface area contributed by atoms with Gasteiger partial charge in [0.05, 0.1) is 17.8 Å². The van der Waals surface area contributed by atoms with Crippen LogP contribution in [0.15, 0.2) is 30.3 Å². The Bertz CT molecular complexity index is 543. The fourth-order valence-electron chi connectivity index (χ4n) is 1.92. The molecule has 0 saturated carbocycles. The lowest BCUT2D eigenvalue weighted by atomic mass is 10.1. The maximum Gasteiger partial charge on any atom is 0.251 e. The van der Waals surface area contributed by atoms with Gasteiger partial charge in [-0.2, -0.15) is 0 Å². The van der Waals surface area contributed by atoms with E-state index in [-0.39, 0.29) is 6.54 Å². The number of benzene rings is 1. The van der Waals surface area contributed by atoms with Gasteiger partial charge in [0.1, 0.15) is 0 Å². The monoisotopic (exact) mass is 251 g/mol. The minimum absolute atomic E-state index is 0.269. The Hall–Kier alpha value is -1.75. The largest absolute Gasteiger partial charge is 0.398 e. The standard InChI is InChI=1S/C13H15F2N3/c1-18(8-13(14)15)7-9-6-11(16)10-4-2-3-5-12(10)17-9/h2-6,13H,7-8H2,1H3,(H2,16,17). The van der Waals surface area contributed by atoms with Crippen molar-refractivity contribution >= 4 is 16.6 Å². The number of hydrogen-bond acceptors (Lipinski definition) is 3. The highest BCUT2D eigenvalue weighted by molar-refractivity contribution is 5.90. The molecule has 1 heterocycles. The van der Waals surface area contributed by atoms with Gasteiger partial charge >= 0.3 is 0 Å². The number of alkyl halides is 2. The lowest BCUT2D eigenvalue weighted by Crippen LogP contribution is -2.24. The summed E-state index contributed by atoms with van der Waals surface area (Å²) in [7, 11) is 1.64. The zero-order valence-corrected chi connectivity index (χ0v) is 10.1. The van der Waals surface area contributed by atoms with E-state index in [9.17, 15) is 8.78 Å². The smallest absolute Gasteiger partial charge is 0.251 e. The van der Waals surface area contributed by atoms with Crippen LogP contribution < -0.4 is 5.73 Å². The van der Waals surface area contributed by atoms with E-state index in [1.807, 2.05) is 24.3 Å². The van der Waals surface area contributed by atoms with Crippen LogP contribution in [0.2, 0.25) is 0 Å². The van der Waals surface area contributed by atoms with Gasteiger partial charge in [-0.05, 0) is 19.2 Å². The molecule has 0 bridgehead atoms. The number of fused-ring (bicyclic) bond motifs is 1. The second kappa shape index (κ2) is 5.27. The third kappa shape index (κ3) is 2.92. The maximum absolute atomic E-state index is 12.2. The van der Waals surface area contributed by atoms with Gasteiger partial charge in [0.2, 0.25) is 0 Å². The third-order valence-electron chi connectivity index (χ3n) is 2.68. The number of anilines is 1. The first-order valence-electron chi connectivity index (χ1n) is 5.67. The number of para-hydroxylation sites is 1. The van der Waals surface area contributed by atoms with Gasteiger partial charge in [0.25, 0.3) is 6.43 Å². The molecule has 0 saturated heterocycles. The first-order chi connectivity index (χ1) is 8.56. The van der Waals surface area contributed by atoms with Crippen molar-refractivity contribution in [1.29, 1.82) is 0 Å². The summed E-state index contributed by atoms with van der Waals surface area (Å²) in [6.45, 7) is 0.0911. The molecule has 0 spiro atoms. The van der Waals surface area contributed by atoms with Crippen molar-refractivity contribution < 1.29 is 8.78 Å². The summed E-state index contributed by atoms with van der Waals surface area (Å²) in [6, 6.07) is 9.27. The van der Waals surface area contributed by atoms with Crippen molar-refractivity contribution in [2.24, 2.45) is 0 Å². The molecule has 5 heteroatoms. The van der Waals surface area contributed by atoms with E-state index in [2.05, 4.69) is 4.98 Å². The molecule has 96 valence electrons. The molecular formula is C13H15F2N3. The summed E-state index contributed by atoms with van der Waals surface area (Å²) in [6.07, 6.45) is -2.34. The van der Waals surface area contributed by atoms with E-state index >= 15 is 0 Å². The summed E-state index contributed by atoms with van der Waals surface area (Å²) < 4.78 is 24.5. The van der Waals surface area contributed by atoms with Crippen LogP contribution in [0, 0.1) is 0 Å². The van der Waals surface area contributed by atoms with Gasteiger partial charge in [0.15, 0.2) is 0 Å². The maximum atomic E-state index is 12.2. The minimum atomic E-state index is -2.34. The first-order valence-corrected chi connectivity index (χ1v) is 5.67. The van der Waals surface area contributed by atoms with Crippen molar-refractivity contribution in [2.75, 3.05) is 19.3 Å². The second-order valence-electron chi connectivity index (χ2n) is 4.31. The zero-order valence-electron chi connectivity index (χ0n) is 10.1. The fraction of sp³-hybridized carbons (Fsp3) is 0.308. The number of aromatic nitrogens is 1. The average molecular weight is 251 g/mol. The molecule has 0 aliphatic heterocycles. The Kier molecular flexibility index (Phi) is 3.72. The highest BCUT2D eigenvalue weighted by Gasteiger charge is 2.10. The van der Waals surface area contributed by atoms with Crippen LogP contribution in [0.1, 0.15) is 5.69 Å². The third-order valence-corrected chi connectivity index (χ3v) is 2.68. The minimum Gasteiger partial charge on any atom is -0.398 e. The van der Waals surface area contributed by atoms with E-state index in [0.717, 1.165) is 10.9 Å². The van der Waals surface area contributed by atoms with Gasteiger partial charge in [-0.15, -0.1) is 0 Å². The van der Waals surface area contributed by atoms with E-state index < -0.39 is 6.43 Å². The van der Waals surface area contributed by atoms with Gasteiger partial charge in [-0.25, -0.2) is 8.78 Å². The summed E-state index contributed by atoms with van der Waals surface area (Å²) in [4.78, 5) is 5.95. The Morgan fingerprint density at radius 3 is 2.78 bits per heavy atom. The predicted molar refractivity (Wildman–Crippen MR) is 68.5 cm³/mol. The van der Waals surface area contributed by atoms with Crippen molar-refractivity contribution in [2.45, 2.75) is 13.0 Å². The number of nitrogens with two attached hydrogens (primary N) is 1. The van der Waals surface area contributed by atoms with Crippen LogP contribution in [0.3, 0.4) is 0 Å². The van der Waals surface area contributed by atoms with Crippen LogP contribution in [0.4, 0.5) is 14.5 Å². The van der Waals surface area contributed by atoms with Gasteiger partial charge in [0, 0.05) is 17.6 Å². The van der Waals surface area contributed by atoms with E-state index in [1.54, 1.807) is 13.1 Å². The summed E-state index contributed by atoms with van der Waals surface area (Å²) in [5, 5.41) is 0.887. The molecule has 1 aromatic heterocycles. The number of halogens is 2. The van der Waals surface area contributed by atoms with Crippen LogP contribution in [-0.4, -0.2) is 29.9 Å². The highest BCUT2D eigenvalue weighted by Crippen LogP contribution is 2.20. The molecule has 0 fully saturated rings. The van der Waals surface area contributed by atoms with Gasteiger partial charge < -0.3 is 5.73 Å². The molecule has 2 N–H and O–H groups in total. The molecule has 0 radical (unpaired) electrons. The molecule has 0 atom stereocenters. The Morgan fingerprint density at radius 1 is 1.33 bits per heavy atom. The first kappa shape index (κ1) is 12.7. The van der Waals surface area contributed by atoms with E-state index in [4.69, 9.17) is 5.73 Å². The molecule has 1 aromatic carbocycles. The second-order valence-corrected chi connectivity index (χ2v) is 4.31. The Morgan fingerprint density at radius 2 is 2.06 bits per heavy atom.